The summed E-state index contributed by atoms with van der Waals surface area (Å²) in [5.41, 5.74) is -0.736. The highest BCUT2D eigenvalue weighted by atomic mass is 16.4. The summed E-state index contributed by atoms with van der Waals surface area (Å²) in [6.45, 7) is 4.98. The van der Waals surface area contributed by atoms with E-state index in [1.165, 1.54) is 18.9 Å². The van der Waals surface area contributed by atoms with Crippen LogP contribution in [0.3, 0.4) is 0 Å². The molecule has 0 aromatic heterocycles. The second-order valence-corrected chi connectivity index (χ2v) is 4.48. The van der Waals surface area contributed by atoms with Crippen LogP contribution in [-0.4, -0.2) is 46.9 Å². The summed E-state index contributed by atoms with van der Waals surface area (Å²) >= 11 is 0. The van der Waals surface area contributed by atoms with Crippen LogP contribution in [-0.2, 0) is 14.4 Å². The lowest BCUT2D eigenvalue weighted by Crippen LogP contribution is -2.52. The number of aliphatic carboxylic acids is 1. The molecule has 0 aliphatic heterocycles. The molecule has 0 aromatic rings. The lowest BCUT2D eigenvalue weighted by Gasteiger charge is -2.32. The fraction of sp³-hybridized carbons (Fsp3) is 0.750. The zero-order chi connectivity index (χ0) is 14.3. The average Bonchev–Trinajstić information content (AvgIpc) is 2.26. The first-order valence-electron chi connectivity index (χ1n) is 6.01. The van der Waals surface area contributed by atoms with E-state index in [0.717, 1.165) is 0 Å². The number of nitrogens with one attached hydrogen (secondary N) is 1. The fourth-order valence-corrected chi connectivity index (χ4v) is 1.67. The van der Waals surface area contributed by atoms with Crippen LogP contribution in [0.5, 0.6) is 0 Å². The molecule has 0 saturated carbocycles. The van der Waals surface area contributed by atoms with Crippen LogP contribution in [0, 0.1) is 0 Å². The topological polar surface area (TPSA) is 86.7 Å². The fourth-order valence-electron chi connectivity index (χ4n) is 1.67. The van der Waals surface area contributed by atoms with Gasteiger partial charge in [-0.1, -0.05) is 13.8 Å². The van der Waals surface area contributed by atoms with Gasteiger partial charge in [0.05, 0.1) is 18.5 Å². The molecule has 0 aromatic carbocycles. The van der Waals surface area contributed by atoms with Crippen LogP contribution in [0.1, 0.15) is 40.0 Å². The molecular weight excluding hydrogens is 236 g/mol. The van der Waals surface area contributed by atoms with Gasteiger partial charge in [-0.2, -0.15) is 0 Å². The van der Waals surface area contributed by atoms with E-state index in [1.807, 2.05) is 13.8 Å². The molecule has 18 heavy (non-hydrogen) atoms. The predicted octanol–water partition coefficient (Wildman–Crippen LogP) is 0.614. The van der Waals surface area contributed by atoms with Crippen molar-refractivity contribution in [2.24, 2.45) is 0 Å². The normalized spacial score (nSPS) is 10.9. The first-order valence-corrected chi connectivity index (χ1v) is 6.01. The van der Waals surface area contributed by atoms with Gasteiger partial charge in [-0.15, -0.1) is 0 Å². The van der Waals surface area contributed by atoms with E-state index in [1.54, 1.807) is 0 Å². The molecule has 0 unspecified atom stereocenters. The zero-order valence-corrected chi connectivity index (χ0v) is 11.4. The van der Waals surface area contributed by atoms with Crippen molar-refractivity contribution in [3.63, 3.8) is 0 Å². The summed E-state index contributed by atoms with van der Waals surface area (Å²) in [7, 11) is 1.53. The van der Waals surface area contributed by atoms with Crippen LogP contribution in [0.25, 0.3) is 0 Å². The van der Waals surface area contributed by atoms with Gasteiger partial charge in [-0.3, -0.25) is 14.4 Å². The largest absolute Gasteiger partial charge is 0.481 e. The summed E-state index contributed by atoms with van der Waals surface area (Å²) in [5.74, 6) is -1.49. The minimum absolute atomic E-state index is 0.0588. The van der Waals surface area contributed by atoms with Crippen molar-refractivity contribution < 1.29 is 19.5 Å². The maximum Gasteiger partial charge on any atom is 0.305 e. The summed E-state index contributed by atoms with van der Waals surface area (Å²) in [4.78, 5) is 34.9. The second-order valence-electron chi connectivity index (χ2n) is 4.48. The maximum absolute atomic E-state index is 11.8. The van der Waals surface area contributed by atoms with E-state index < -0.39 is 11.5 Å². The molecule has 0 aliphatic rings. The summed E-state index contributed by atoms with van der Waals surface area (Å²) in [6, 6.07) is 0. The number of likely N-dealkylation sites (N-methyl/N-ethyl adjacent to an activating group) is 1. The number of hydrogen-bond donors (Lipinski definition) is 2. The lowest BCUT2D eigenvalue weighted by atomic mass is 9.89. The van der Waals surface area contributed by atoms with Crippen molar-refractivity contribution in [3.05, 3.63) is 0 Å². The van der Waals surface area contributed by atoms with Gasteiger partial charge in [-0.05, 0) is 12.8 Å². The van der Waals surface area contributed by atoms with Gasteiger partial charge in [0.2, 0.25) is 11.8 Å². The van der Waals surface area contributed by atoms with Crippen molar-refractivity contribution in [1.29, 1.82) is 0 Å². The minimum Gasteiger partial charge on any atom is -0.481 e. The molecule has 2 amide bonds. The standard InChI is InChI=1S/C12H22N2O4/c1-5-12(6-2,7-11(17)18)13-10(16)8-14(4)9(3)15/h5-8H2,1-4H3,(H,13,16)(H,17,18). The number of carboxylic acids is 1. The Kier molecular flexibility index (Phi) is 6.36. The molecule has 0 fully saturated rings. The Balaban J connectivity index is 4.63. The lowest BCUT2D eigenvalue weighted by molar-refractivity contribution is -0.140. The molecule has 0 saturated heterocycles. The van der Waals surface area contributed by atoms with Crippen molar-refractivity contribution in [1.82, 2.24) is 10.2 Å². The smallest absolute Gasteiger partial charge is 0.305 e. The van der Waals surface area contributed by atoms with Crippen molar-refractivity contribution in [2.75, 3.05) is 13.6 Å². The van der Waals surface area contributed by atoms with Gasteiger partial charge in [0.25, 0.3) is 0 Å². The van der Waals surface area contributed by atoms with Crippen LogP contribution in [0.2, 0.25) is 0 Å². The molecule has 0 heterocycles. The van der Waals surface area contributed by atoms with E-state index >= 15 is 0 Å². The molecule has 0 atom stereocenters. The number of nitrogens with zero attached hydrogens (tertiary/aromatic N) is 1. The number of rotatable bonds is 7. The van der Waals surface area contributed by atoms with Gasteiger partial charge in [0, 0.05) is 14.0 Å². The number of carboxylic acid groups (broad SMARTS) is 1. The van der Waals surface area contributed by atoms with Crippen molar-refractivity contribution in [2.45, 2.75) is 45.6 Å². The first-order chi connectivity index (χ1) is 8.26. The van der Waals surface area contributed by atoms with Crippen LogP contribution >= 0.6 is 0 Å². The molecule has 6 heteroatoms. The van der Waals surface area contributed by atoms with Crippen LogP contribution < -0.4 is 5.32 Å². The average molecular weight is 258 g/mol. The van der Waals surface area contributed by atoms with Gasteiger partial charge in [0.15, 0.2) is 0 Å². The number of amides is 2. The van der Waals surface area contributed by atoms with Crippen LogP contribution in [0.4, 0.5) is 0 Å². The summed E-state index contributed by atoms with van der Waals surface area (Å²) < 4.78 is 0. The molecule has 2 N–H and O–H groups in total. The monoisotopic (exact) mass is 258 g/mol. The summed E-state index contributed by atoms with van der Waals surface area (Å²) in [5, 5.41) is 11.6. The first kappa shape index (κ1) is 16.4. The Morgan fingerprint density at radius 2 is 1.72 bits per heavy atom. The highest BCUT2D eigenvalue weighted by Gasteiger charge is 2.31. The van der Waals surface area contributed by atoms with Gasteiger partial charge < -0.3 is 15.3 Å². The van der Waals surface area contributed by atoms with E-state index in [2.05, 4.69) is 5.32 Å². The Morgan fingerprint density at radius 1 is 1.22 bits per heavy atom. The van der Waals surface area contributed by atoms with Gasteiger partial charge in [-0.25, -0.2) is 0 Å². The third kappa shape index (κ3) is 5.16. The molecule has 6 nitrogen and oxygen atoms in total. The molecule has 0 aliphatic carbocycles. The van der Waals surface area contributed by atoms with E-state index in [4.69, 9.17) is 5.11 Å². The molecule has 0 radical (unpaired) electrons. The SMILES string of the molecule is CCC(CC)(CC(=O)O)NC(=O)CN(C)C(C)=O. The van der Waals surface area contributed by atoms with Gasteiger partial charge >= 0.3 is 5.97 Å². The highest BCUT2D eigenvalue weighted by molar-refractivity contribution is 5.84. The maximum atomic E-state index is 11.8. The van der Waals surface area contributed by atoms with E-state index in [0.29, 0.717) is 12.8 Å². The van der Waals surface area contributed by atoms with E-state index in [9.17, 15) is 14.4 Å². The predicted molar refractivity (Wildman–Crippen MR) is 67.0 cm³/mol. The molecule has 0 rings (SSSR count). The van der Waals surface area contributed by atoms with E-state index in [-0.39, 0.29) is 24.8 Å². The quantitative estimate of drug-likeness (QED) is 0.700. The number of hydrogen-bond acceptors (Lipinski definition) is 3. The zero-order valence-electron chi connectivity index (χ0n) is 11.4. The Hall–Kier alpha value is -1.59. The van der Waals surface area contributed by atoms with Crippen LogP contribution in [0.15, 0.2) is 0 Å². The molecule has 0 spiro atoms. The van der Waals surface area contributed by atoms with Gasteiger partial charge in [0.1, 0.15) is 0 Å². The van der Waals surface area contributed by atoms with Crippen molar-refractivity contribution in [3.8, 4) is 0 Å². The number of carbonyl (C=O) groups excluding carboxylic acids is 2. The molecule has 104 valence electrons. The van der Waals surface area contributed by atoms with Crippen molar-refractivity contribution >= 4 is 17.8 Å². The Labute approximate surface area is 107 Å². The Morgan fingerprint density at radius 3 is 2.06 bits per heavy atom. The third-order valence-electron chi connectivity index (χ3n) is 3.17. The summed E-state index contributed by atoms with van der Waals surface area (Å²) in [6.07, 6.45) is 0.951. The Bertz CT molecular complexity index is 324. The number of carbonyl (C=O) groups is 3. The third-order valence-corrected chi connectivity index (χ3v) is 3.17. The minimum atomic E-state index is -0.945. The molecular formula is C12H22N2O4. The second kappa shape index (κ2) is 6.98. The highest BCUT2D eigenvalue weighted by Crippen LogP contribution is 2.19. The molecule has 0 bridgehead atoms.